The van der Waals surface area contributed by atoms with Crippen LogP contribution in [-0.4, -0.2) is 74.7 Å². The number of unbranched alkanes of at least 4 members (excludes halogenated alkanes) is 1. The number of anilines is 2. The molecule has 1 aliphatic heterocycles. The minimum Gasteiger partial charge on any atom is -0.491 e. The highest BCUT2D eigenvalue weighted by atomic mass is 19.1. The van der Waals surface area contributed by atoms with Gasteiger partial charge in [0.05, 0.1) is 18.1 Å². The number of carboxylic acid groups (broad SMARTS) is 1. The molecule has 3 N–H and O–H groups in total. The molecule has 3 aromatic heterocycles. The first kappa shape index (κ1) is 29.9. The lowest BCUT2D eigenvalue weighted by Crippen LogP contribution is -2.37. The molecule has 0 fully saturated rings. The summed E-state index contributed by atoms with van der Waals surface area (Å²) in [6.45, 7) is 8.73. The van der Waals surface area contributed by atoms with Crippen LogP contribution in [0.3, 0.4) is 0 Å². The molecular formula is C30H38FN7O3. The lowest BCUT2D eigenvalue weighted by atomic mass is 10.1. The number of fused-ring (bicyclic) bond motifs is 1. The molecule has 0 saturated heterocycles. The van der Waals surface area contributed by atoms with Gasteiger partial charge in [-0.15, -0.1) is 0 Å². The molecule has 0 spiro atoms. The van der Waals surface area contributed by atoms with Crippen molar-refractivity contribution in [3.63, 3.8) is 0 Å². The molecule has 3 aromatic rings. The van der Waals surface area contributed by atoms with Crippen molar-refractivity contribution in [2.75, 3.05) is 43.4 Å². The summed E-state index contributed by atoms with van der Waals surface area (Å²) in [6, 6.07) is 4.72. The van der Waals surface area contributed by atoms with E-state index in [2.05, 4.69) is 49.2 Å². The summed E-state index contributed by atoms with van der Waals surface area (Å²) < 4.78 is 19.2. The van der Waals surface area contributed by atoms with Gasteiger partial charge in [-0.05, 0) is 63.6 Å². The minimum absolute atomic E-state index is 0.320. The SMILES string of the molecule is C=Cc1c(C)ncnc1N[C@@H](CCN(CCCCc1ccc2c(n1)NCCC2)CCOc1cncc(F)c1)C(=O)O. The first-order valence-electron chi connectivity index (χ1n) is 14.0. The van der Waals surface area contributed by atoms with Gasteiger partial charge in [0.25, 0.3) is 0 Å². The maximum absolute atomic E-state index is 13.5. The zero-order valence-electron chi connectivity index (χ0n) is 23.5. The summed E-state index contributed by atoms with van der Waals surface area (Å²) in [5, 5.41) is 16.4. The van der Waals surface area contributed by atoms with E-state index in [-0.39, 0.29) is 0 Å². The summed E-state index contributed by atoms with van der Waals surface area (Å²) in [6.07, 6.45) is 10.9. The monoisotopic (exact) mass is 563 g/mol. The minimum atomic E-state index is -0.967. The van der Waals surface area contributed by atoms with Crippen molar-refractivity contribution in [2.24, 2.45) is 0 Å². The predicted molar refractivity (Wildman–Crippen MR) is 157 cm³/mol. The van der Waals surface area contributed by atoms with Crippen molar-refractivity contribution < 1.29 is 19.0 Å². The summed E-state index contributed by atoms with van der Waals surface area (Å²) >= 11 is 0. The average Bonchev–Trinajstić information content (AvgIpc) is 2.96. The Labute approximate surface area is 240 Å². The standard InChI is InChI=1S/C30H38FN7O3/c1-3-26-21(2)34-20-35-29(26)37-27(30(39)40)11-14-38(15-16-41-25-17-23(31)18-32-19-25)13-5-4-8-24-10-9-22-7-6-12-33-28(22)36-24/h3,9-10,17-20,27H,1,4-8,11-16H2,2H3,(H,33,36)(H,39,40)(H,34,35,37)/t27-/m0/s1. The van der Waals surface area contributed by atoms with Crippen LogP contribution in [0.1, 0.15) is 48.2 Å². The van der Waals surface area contributed by atoms with Gasteiger partial charge >= 0.3 is 5.97 Å². The first-order chi connectivity index (χ1) is 19.9. The van der Waals surface area contributed by atoms with Gasteiger partial charge in [-0.25, -0.2) is 24.1 Å². The van der Waals surface area contributed by atoms with Gasteiger partial charge in [-0.3, -0.25) is 9.88 Å². The molecule has 218 valence electrons. The van der Waals surface area contributed by atoms with Crippen LogP contribution in [0.25, 0.3) is 6.08 Å². The quantitative estimate of drug-likeness (QED) is 0.216. The van der Waals surface area contributed by atoms with Crippen molar-refractivity contribution in [1.82, 2.24) is 24.8 Å². The molecule has 0 radical (unpaired) electrons. The number of pyridine rings is 2. The number of hydrogen-bond donors (Lipinski definition) is 3. The second-order valence-electron chi connectivity index (χ2n) is 10.1. The van der Waals surface area contributed by atoms with Crippen LogP contribution in [0.15, 0.2) is 43.5 Å². The molecule has 4 heterocycles. The molecule has 1 atom stereocenters. The number of aromatic nitrogens is 4. The fourth-order valence-electron chi connectivity index (χ4n) is 4.83. The molecule has 11 heteroatoms. The highest BCUT2D eigenvalue weighted by molar-refractivity contribution is 5.78. The Morgan fingerprint density at radius 2 is 2.15 bits per heavy atom. The summed E-state index contributed by atoms with van der Waals surface area (Å²) in [5.41, 5.74) is 3.74. The molecule has 10 nitrogen and oxygen atoms in total. The number of carbonyl (C=O) groups is 1. The predicted octanol–water partition coefficient (Wildman–Crippen LogP) is 4.37. The molecule has 4 rings (SSSR count). The Morgan fingerprint density at radius 3 is 2.95 bits per heavy atom. The Hall–Kier alpha value is -4.12. The van der Waals surface area contributed by atoms with Gasteiger partial charge in [-0.1, -0.05) is 18.7 Å². The molecule has 0 aromatic carbocycles. The smallest absolute Gasteiger partial charge is 0.326 e. The highest BCUT2D eigenvalue weighted by Crippen LogP contribution is 2.21. The van der Waals surface area contributed by atoms with E-state index < -0.39 is 17.8 Å². The number of rotatable bonds is 16. The number of ether oxygens (including phenoxy) is 1. The van der Waals surface area contributed by atoms with E-state index in [9.17, 15) is 14.3 Å². The Morgan fingerprint density at radius 1 is 1.27 bits per heavy atom. The van der Waals surface area contributed by atoms with Gasteiger partial charge in [0.2, 0.25) is 0 Å². The van der Waals surface area contributed by atoms with Crippen LogP contribution in [0.2, 0.25) is 0 Å². The van der Waals surface area contributed by atoms with Crippen LogP contribution < -0.4 is 15.4 Å². The molecule has 0 aliphatic carbocycles. The normalized spacial score (nSPS) is 13.2. The number of aryl methyl sites for hydroxylation is 3. The number of nitrogens with zero attached hydrogens (tertiary/aromatic N) is 5. The van der Waals surface area contributed by atoms with Crippen LogP contribution in [0, 0.1) is 12.7 Å². The van der Waals surface area contributed by atoms with E-state index in [0.717, 1.165) is 68.6 Å². The molecular weight excluding hydrogens is 525 g/mol. The van der Waals surface area contributed by atoms with Crippen molar-refractivity contribution >= 4 is 23.7 Å². The lowest BCUT2D eigenvalue weighted by molar-refractivity contribution is -0.138. The van der Waals surface area contributed by atoms with Gasteiger partial charge < -0.3 is 20.5 Å². The average molecular weight is 564 g/mol. The van der Waals surface area contributed by atoms with Crippen LogP contribution in [0.4, 0.5) is 16.0 Å². The van der Waals surface area contributed by atoms with Gasteiger partial charge in [0, 0.05) is 37.0 Å². The molecule has 1 aliphatic rings. The number of nitrogens with one attached hydrogen (secondary N) is 2. The topological polar surface area (TPSA) is 125 Å². The first-order valence-corrected chi connectivity index (χ1v) is 14.0. The fraction of sp³-hybridized carbons (Fsp3) is 0.433. The van der Waals surface area contributed by atoms with E-state index in [4.69, 9.17) is 9.72 Å². The number of hydrogen-bond acceptors (Lipinski definition) is 9. The summed E-state index contributed by atoms with van der Waals surface area (Å²) in [5.74, 6) is 0.383. The molecule has 0 saturated carbocycles. The number of carboxylic acids is 1. The fourth-order valence-corrected chi connectivity index (χ4v) is 4.83. The third-order valence-corrected chi connectivity index (χ3v) is 7.10. The van der Waals surface area contributed by atoms with Gasteiger partial charge in [-0.2, -0.15) is 0 Å². The van der Waals surface area contributed by atoms with Gasteiger partial charge in [0.1, 0.15) is 42.2 Å². The molecule has 41 heavy (non-hydrogen) atoms. The van der Waals surface area contributed by atoms with Crippen molar-refractivity contribution in [3.05, 3.63) is 71.8 Å². The molecule has 0 amide bonds. The van der Waals surface area contributed by atoms with E-state index in [1.165, 1.54) is 24.2 Å². The largest absolute Gasteiger partial charge is 0.491 e. The van der Waals surface area contributed by atoms with Gasteiger partial charge in [0.15, 0.2) is 0 Å². The van der Waals surface area contributed by atoms with E-state index in [0.29, 0.717) is 43.2 Å². The lowest BCUT2D eigenvalue weighted by Gasteiger charge is -2.25. The van der Waals surface area contributed by atoms with Crippen molar-refractivity contribution in [1.29, 1.82) is 0 Å². The second kappa shape index (κ2) is 15.0. The zero-order valence-corrected chi connectivity index (χ0v) is 23.5. The van der Waals surface area contributed by atoms with E-state index >= 15 is 0 Å². The van der Waals surface area contributed by atoms with Crippen molar-refractivity contribution in [3.8, 4) is 5.75 Å². The molecule has 0 unspecified atom stereocenters. The highest BCUT2D eigenvalue weighted by Gasteiger charge is 2.21. The number of halogens is 1. The third kappa shape index (κ3) is 8.94. The Balaban J connectivity index is 1.34. The maximum Gasteiger partial charge on any atom is 0.326 e. The van der Waals surface area contributed by atoms with E-state index in [1.807, 2.05) is 6.92 Å². The zero-order chi connectivity index (χ0) is 29.0. The Bertz CT molecular complexity index is 1320. The summed E-state index contributed by atoms with van der Waals surface area (Å²) in [7, 11) is 0. The number of aliphatic carboxylic acids is 1. The van der Waals surface area contributed by atoms with Crippen LogP contribution >= 0.6 is 0 Å². The molecule has 0 bridgehead atoms. The second-order valence-corrected chi connectivity index (χ2v) is 10.1. The van der Waals surface area contributed by atoms with Crippen LogP contribution in [-0.2, 0) is 17.6 Å². The van der Waals surface area contributed by atoms with Crippen molar-refractivity contribution in [2.45, 2.75) is 51.5 Å². The maximum atomic E-state index is 13.5. The van der Waals surface area contributed by atoms with E-state index in [1.54, 1.807) is 6.08 Å². The summed E-state index contributed by atoms with van der Waals surface area (Å²) in [4.78, 5) is 31.3. The third-order valence-electron chi connectivity index (χ3n) is 7.10. The Kier molecular flexibility index (Phi) is 10.9. The van der Waals surface area contributed by atoms with Crippen LogP contribution in [0.5, 0.6) is 5.75 Å².